The van der Waals surface area contributed by atoms with Gasteiger partial charge in [0, 0.05) is 40.1 Å². The van der Waals surface area contributed by atoms with Gasteiger partial charge in [-0.2, -0.15) is 4.31 Å². The lowest BCUT2D eigenvalue weighted by atomic mass is 10.0. The molecule has 1 saturated heterocycles. The van der Waals surface area contributed by atoms with Gasteiger partial charge in [-0.3, -0.25) is 0 Å². The monoisotopic (exact) mass is 492 g/mol. The van der Waals surface area contributed by atoms with Gasteiger partial charge in [0.05, 0.1) is 4.90 Å². The highest BCUT2D eigenvalue weighted by molar-refractivity contribution is 7.89. The van der Waals surface area contributed by atoms with Crippen LogP contribution in [0, 0.1) is 6.92 Å². The maximum absolute atomic E-state index is 13.4. The second-order valence-electron chi connectivity index (χ2n) is 8.52. The minimum atomic E-state index is -3.57. The first-order valence-corrected chi connectivity index (χ1v) is 13.1. The van der Waals surface area contributed by atoms with Crippen LogP contribution < -0.4 is 5.32 Å². The molecule has 4 aromatic rings. The molecule has 1 aliphatic rings. The third-order valence-corrected chi connectivity index (χ3v) is 8.48. The lowest BCUT2D eigenvalue weighted by molar-refractivity contribution is 0.346. The Morgan fingerprint density at radius 3 is 2.32 bits per heavy atom. The number of aryl methyl sites for hydroxylation is 1. The topological polar surface area (TPSA) is 75.2 Å². The van der Waals surface area contributed by atoms with Crippen LogP contribution in [0.4, 0.5) is 11.5 Å². The van der Waals surface area contributed by atoms with E-state index in [0.717, 1.165) is 46.8 Å². The number of sulfonamides is 1. The number of nitrogens with one attached hydrogen (secondary N) is 1. The average molecular weight is 493 g/mol. The number of benzene rings is 3. The summed E-state index contributed by atoms with van der Waals surface area (Å²) in [5.74, 6) is 0.620. The van der Waals surface area contributed by atoms with E-state index in [1.807, 2.05) is 67.6 Å². The second kappa shape index (κ2) is 9.33. The van der Waals surface area contributed by atoms with Gasteiger partial charge in [0.15, 0.2) is 5.82 Å². The fourth-order valence-electron chi connectivity index (χ4n) is 4.35. The predicted octanol–water partition coefficient (Wildman–Crippen LogP) is 6.18. The molecular weight excluding hydrogens is 468 g/mol. The van der Waals surface area contributed by atoms with Crippen molar-refractivity contribution < 1.29 is 8.42 Å². The van der Waals surface area contributed by atoms with Crippen molar-refractivity contribution in [2.45, 2.75) is 31.1 Å². The van der Waals surface area contributed by atoms with Gasteiger partial charge in [-0.05, 0) is 55.7 Å². The Balaban J connectivity index is 1.57. The molecule has 1 N–H and O–H groups in total. The van der Waals surface area contributed by atoms with Crippen molar-refractivity contribution in [2.75, 3.05) is 18.4 Å². The molecule has 5 rings (SSSR count). The molecule has 0 atom stereocenters. The van der Waals surface area contributed by atoms with Gasteiger partial charge in [-0.1, -0.05) is 54.4 Å². The number of halogens is 1. The lowest BCUT2D eigenvalue weighted by Crippen LogP contribution is -2.35. The quantitative estimate of drug-likeness (QED) is 0.360. The largest absolute Gasteiger partial charge is 0.338 e. The first-order chi connectivity index (χ1) is 16.4. The van der Waals surface area contributed by atoms with E-state index in [0.29, 0.717) is 34.5 Å². The summed E-state index contributed by atoms with van der Waals surface area (Å²) in [6, 6.07) is 20.7. The second-order valence-corrected chi connectivity index (χ2v) is 10.9. The Morgan fingerprint density at radius 1 is 0.882 bits per heavy atom. The highest BCUT2D eigenvalue weighted by Gasteiger charge is 2.28. The first-order valence-electron chi connectivity index (χ1n) is 11.3. The van der Waals surface area contributed by atoms with Gasteiger partial charge >= 0.3 is 0 Å². The van der Waals surface area contributed by atoms with E-state index in [4.69, 9.17) is 11.6 Å². The summed E-state index contributed by atoms with van der Waals surface area (Å²) in [5.41, 5.74) is 2.95. The van der Waals surface area contributed by atoms with Crippen molar-refractivity contribution in [2.24, 2.45) is 0 Å². The van der Waals surface area contributed by atoms with Crippen molar-refractivity contribution in [3.05, 3.63) is 77.3 Å². The van der Waals surface area contributed by atoms with Gasteiger partial charge in [-0.25, -0.2) is 8.42 Å². The fraction of sp³-hybridized carbons (Fsp3) is 0.231. The smallest absolute Gasteiger partial charge is 0.243 e. The Labute approximate surface area is 204 Å². The zero-order valence-corrected chi connectivity index (χ0v) is 20.4. The normalized spacial score (nSPS) is 14.9. The molecule has 0 bridgehead atoms. The minimum absolute atomic E-state index is 0.334. The molecular formula is C26H25ClN4O2S. The predicted molar refractivity (Wildman–Crippen MR) is 137 cm³/mol. The van der Waals surface area contributed by atoms with Gasteiger partial charge in [0.2, 0.25) is 10.0 Å². The van der Waals surface area contributed by atoms with Crippen LogP contribution in [0.3, 0.4) is 0 Å². The Hall–Kier alpha value is -3.00. The van der Waals surface area contributed by atoms with Crippen LogP contribution in [0.2, 0.25) is 5.02 Å². The molecule has 174 valence electrons. The molecule has 0 unspecified atom stereocenters. The highest BCUT2D eigenvalue weighted by Crippen LogP contribution is 2.34. The summed E-state index contributed by atoms with van der Waals surface area (Å²) in [6.45, 7) is 2.98. The van der Waals surface area contributed by atoms with Gasteiger partial charge < -0.3 is 5.32 Å². The molecule has 3 aromatic carbocycles. The van der Waals surface area contributed by atoms with Gasteiger partial charge in [-0.15, -0.1) is 10.2 Å². The van der Waals surface area contributed by atoms with E-state index in [2.05, 4.69) is 15.5 Å². The molecule has 2 heterocycles. The van der Waals surface area contributed by atoms with Crippen LogP contribution in [0.1, 0.15) is 24.8 Å². The Bertz CT molecular complexity index is 1450. The minimum Gasteiger partial charge on any atom is -0.338 e. The van der Waals surface area contributed by atoms with Crippen molar-refractivity contribution in [3.8, 4) is 11.3 Å². The SMILES string of the molecule is Cc1ccc(-c2nnc(Nc3ccc(Cl)cc3)c3ccccc23)cc1S(=O)(=O)N1CCCCC1. The molecule has 6 nitrogen and oxygen atoms in total. The molecule has 0 radical (unpaired) electrons. The number of anilines is 2. The summed E-state index contributed by atoms with van der Waals surface area (Å²) < 4.78 is 28.4. The molecule has 0 saturated carbocycles. The molecule has 1 fully saturated rings. The van der Waals surface area contributed by atoms with E-state index in [-0.39, 0.29) is 0 Å². The molecule has 0 spiro atoms. The summed E-state index contributed by atoms with van der Waals surface area (Å²) in [4.78, 5) is 0.334. The molecule has 0 aliphatic carbocycles. The first kappa shape index (κ1) is 22.8. The number of aromatic nitrogens is 2. The zero-order chi connectivity index (χ0) is 23.7. The van der Waals surface area contributed by atoms with Crippen molar-refractivity contribution in [1.29, 1.82) is 0 Å². The Morgan fingerprint density at radius 2 is 1.59 bits per heavy atom. The van der Waals surface area contributed by atoms with Gasteiger partial charge in [0.1, 0.15) is 5.69 Å². The molecule has 1 aromatic heterocycles. The maximum atomic E-state index is 13.4. The van der Waals surface area contributed by atoms with Gasteiger partial charge in [0.25, 0.3) is 0 Å². The number of hydrogen-bond donors (Lipinski definition) is 1. The summed E-state index contributed by atoms with van der Waals surface area (Å²) in [5, 5.41) is 14.7. The van der Waals surface area contributed by atoms with Crippen LogP contribution >= 0.6 is 11.6 Å². The Kier molecular flexibility index (Phi) is 6.25. The van der Waals surface area contributed by atoms with Crippen LogP contribution in [0.5, 0.6) is 0 Å². The van der Waals surface area contributed by atoms with E-state index in [1.54, 1.807) is 10.4 Å². The standard InChI is InChI=1S/C26H25ClN4O2S/c1-18-9-10-19(17-24(18)34(32,33)31-15-5-2-6-16-31)25-22-7-3-4-8-23(22)26(30-29-25)28-21-13-11-20(27)12-14-21/h3-4,7-14,17H,2,5-6,15-16H2,1H3,(H,28,30). The number of rotatable bonds is 5. The third-order valence-electron chi connectivity index (χ3n) is 6.19. The zero-order valence-electron chi connectivity index (χ0n) is 18.8. The number of nitrogens with zero attached hydrogens (tertiary/aromatic N) is 3. The molecule has 34 heavy (non-hydrogen) atoms. The maximum Gasteiger partial charge on any atom is 0.243 e. The highest BCUT2D eigenvalue weighted by atomic mass is 35.5. The summed E-state index contributed by atoms with van der Waals surface area (Å²) >= 11 is 6.00. The van der Waals surface area contributed by atoms with E-state index in [1.165, 1.54) is 0 Å². The van der Waals surface area contributed by atoms with Crippen LogP contribution in [0.25, 0.3) is 22.0 Å². The summed E-state index contributed by atoms with van der Waals surface area (Å²) in [7, 11) is -3.57. The third kappa shape index (κ3) is 4.39. The number of piperidine rings is 1. The molecule has 1 aliphatic heterocycles. The lowest BCUT2D eigenvalue weighted by Gasteiger charge is -2.26. The molecule has 0 amide bonds. The van der Waals surface area contributed by atoms with Crippen LogP contribution in [0.15, 0.2) is 71.6 Å². The van der Waals surface area contributed by atoms with Crippen LogP contribution in [-0.4, -0.2) is 36.0 Å². The van der Waals surface area contributed by atoms with E-state index >= 15 is 0 Å². The van der Waals surface area contributed by atoms with Crippen molar-refractivity contribution in [1.82, 2.24) is 14.5 Å². The van der Waals surface area contributed by atoms with Crippen molar-refractivity contribution >= 4 is 43.9 Å². The van der Waals surface area contributed by atoms with Crippen molar-refractivity contribution in [3.63, 3.8) is 0 Å². The van der Waals surface area contributed by atoms with Crippen LogP contribution in [-0.2, 0) is 10.0 Å². The van der Waals surface area contributed by atoms with E-state index < -0.39 is 10.0 Å². The average Bonchev–Trinajstić information content (AvgIpc) is 2.86. The fourth-order valence-corrected chi connectivity index (χ4v) is 6.24. The molecule has 8 heteroatoms. The summed E-state index contributed by atoms with van der Waals surface area (Å²) in [6.07, 6.45) is 2.87. The van der Waals surface area contributed by atoms with E-state index in [9.17, 15) is 8.42 Å². The number of hydrogen-bond acceptors (Lipinski definition) is 5. The number of fused-ring (bicyclic) bond motifs is 1.